The van der Waals surface area contributed by atoms with E-state index in [1.165, 1.54) is 5.56 Å². The van der Waals surface area contributed by atoms with Crippen LogP contribution in [0.1, 0.15) is 35.6 Å². The fourth-order valence-corrected chi connectivity index (χ4v) is 3.91. The first-order valence-electron chi connectivity index (χ1n) is 9.05. The van der Waals surface area contributed by atoms with Gasteiger partial charge >= 0.3 is 5.63 Å². The Hall–Kier alpha value is -2.59. The van der Waals surface area contributed by atoms with E-state index >= 15 is 0 Å². The summed E-state index contributed by atoms with van der Waals surface area (Å²) in [5.41, 5.74) is 3.82. The lowest BCUT2D eigenvalue weighted by atomic mass is 10.0. The van der Waals surface area contributed by atoms with Crippen molar-refractivity contribution >= 4 is 11.0 Å². The van der Waals surface area contributed by atoms with Crippen LogP contribution in [0.4, 0.5) is 0 Å². The van der Waals surface area contributed by atoms with Crippen molar-refractivity contribution in [1.82, 2.24) is 4.90 Å². The Bertz CT molecular complexity index is 975. The smallest absolute Gasteiger partial charge is 0.336 e. The van der Waals surface area contributed by atoms with E-state index in [1.807, 2.05) is 25.1 Å². The molecule has 1 aliphatic heterocycles. The minimum Gasteiger partial charge on any atom is -0.497 e. The van der Waals surface area contributed by atoms with Crippen LogP contribution in [-0.4, -0.2) is 18.6 Å². The molecule has 4 nitrogen and oxygen atoms in total. The standard InChI is InChI=1S/C22H23NO3/c1-15-5-10-19-17(13-22(24)26-21(19)12-15)14-23-11-3-4-20(23)16-6-8-18(25-2)9-7-16/h5-10,12-13,20H,3-4,11,14H2,1-2H3. The van der Waals surface area contributed by atoms with Gasteiger partial charge in [-0.2, -0.15) is 0 Å². The van der Waals surface area contributed by atoms with E-state index in [2.05, 4.69) is 29.2 Å². The Morgan fingerprint density at radius 1 is 1.15 bits per heavy atom. The molecule has 0 radical (unpaired) electrons. The molecule has 1 saturated heterocycles. The molecular weight excluding hydrogens is 326 g/mol. The summed E-state index contributed by atoms with van der Waals surface area (Å²) in [6, 6.07) is 16.4. The van der Waals surface area contributed by atoms with E-state index in [0.29, 0.717) is 11.6 Å². The number of rotatable bonds is 4. The maximum Gasteiger partial charge on any atom is 0.336 e. The van der Waals surface area contributed by atoms with Crippen molar-refractivity contribution in [2.75, 3.05) is 13.7 Å². The number of hydrogen-bond donors (Lipinski definition) is 0. The molecule has 1 atom stereocenters. The van der Waals surface area contributed by atoms with Gasteiger partial charge in [-0.25, -0.2) is 4.79 Å². The Balaban J connectivity index is 1.65. The molecular formula is C22H23NO3. The van der Waals surface area contributed by atoms with Crippen molar-refractivity contribution in [1.29, 1.82) is 0 Å². The fourth-order valence-electron chi connectivity index (χ4n) is 3.91. The highest BCUT2D eigenvalue weighted by Crippen LogP contribution is 2.34. The lowest BCUT2D eigenvalue weighted by Crippen LogP contribution is -2.23. The van der Waals surface area contributed by atoms with Crippen LogP contribution in [0.2, 0.25) is 0 Å². The molecule has 0 N–H and O–H groups in total. The molecule has 134 valence electrons. The van der Waals surface area contributed by atoms with E-state index < -0.39 is 0 Å². The molecule has 0 bridgehead atoms. The second kappa shape index (κ2) is 6.96. The number of methoxy groups -OCH3 is 1. The monoisotopic (exact) mass is 349 g/mol. The minimum atomic E-state index is -0.279. The minimum absolute atomic E-state index is 0.279. The second-order valence-corrected chi connectivity index (χ2v) is 6.99. The zero-order valence-corrected chi connectivity index (χ0v) is 15.2. The van der Waals surface area contributed by atoms with Crippen molar-refractivity contribution in [3.8, 4) is 5.75 Å². The van der Waals surface area contributed by atoms with E-state index in [1.54, 1.807) is 13.2 Å². The number of fused-ring (bicyclic) bond motifs is 1. The molecule has 26 heavy (non-hydrogen) atoms. The molecule has 1 fully saturated rings. The van der Waals surface area contributed by atoms with Gasteiger partial charge in [0.05, 0.1) is 7.11 Å². The zero-order chi connectivity index (χ0) is 18.1. The SMILES string of the molecule is COc1ccc(C2CCCN2Cc2cc(=O)oc3cc(C)ccc23)cc1. The normalized spacial score (nSPS) is 17.7. The Morgan fingerprint density at radius 2 is 1.96 bits per heavy atom. The molecule has 0 spiro atoms. The van der Waals surface area contributed by atoms with Crippen molar-refractivity contribution in [2.24, 2.45) is 0 Å². The second-order valence-electron chi connectivity index (χ2n) is 6.99. The summed E-state index contributed by atoms with van der Waals surface area (Å²) in [5.74, 6) is 0.875. The number of nitrogens with zero attached hydrogens (tertiary/aromatic N) is 1. The zero-order valence-electron chi connectivity index (χ0n) is 15.2. The van der Waals surface area contributed by atoms with Gasteiger partial charge < -0.3 is 9.15 Å². The first-order chi connectivity index (χ1) is 12.6. The van der Waals surface area contributed by atoms with Crippen molar-refractivity contribution in [3.63, 3.8) is 0 Å². The maximum absolute atomic E-state index is 12.0. The van der Waals surface area contributed by atoms with Gasteiger partial charge in [-0.3, -0.25) is 4.90 Å². The van der Waals surface area contributed by atoms with Crippen LogP contribution in [0.3, 0.4) is 0 Å². The van der Waals surface area contributed by atoms with Crippen molar-refractivity contribution in [3.05, 3.63) is 75.6 Å². The van der Waals surface area contributed by atoms with Gasteiger partial charge in [-0.05, 0) is 61.2 Å². The third-order valence-electron chi connectivity index (χ3n) is 5.22. The van der Waals surface area contributed by atoms with E-state index in [0.717, 1.165) is 48.2 Å². The number of aryl methyl sites for hydroxylation is 1. The van der Waals surface area contributed by atoms with E-state index in [4.69, 9.17) is 9.15 Å². The van der Waals surface area contributed by atoms with E-state index in [9.17, 15) is 4.79 Å². The first-order valence-corrected chi connectivity index (χ1v) is 9.05. The van der Waals surface area contributed by atoms with Gasteiger partial charge in [-0.15, -0.1) is 0 Å². The van der Waals surface area contributed by atoms with Crippen LogP contribution in [0, 0.1) is 6.92 Å². The largest absolute Gasteiger partial charge is 0.497 e. The fraction of sp³-hybridized carbons (Fsp3) is 0.318. The summed E-state index contributed by atoms with van der Waals surface area (Å²) in [6.45, 7) is 3.79. The number of ether oxygens (including phenoxy) is 1. The van der Waals surface area contributed by atoms with Gasteiger partial charge in [0.15, 0.2) is 0 Å². The number of hydrogen-bond acceptors (Lipinski definition) is 4. The molecule has 4 rings (SSSR count). The van der Waals surface area contributed by atoms with E-state index in [-0.39, 0.29) is 5.63 Å². The molecule has 0 amide bonds. The molecule has 3 aromatic rings. The van der Waals surface area contributed by atoms with Gasteiger partial charge in [0.1, 0.15) is 11.3 Å². The first kappa shape index (κ1) is 16.9. The van der Waals surface area contributed by atoms with Crippen molar-refractivity contribution in [2.45, 2.75) is 32.4 Å². The lowest BCUT2D eigenvalue weighted by molar-refractivity contribution is 0.249. The van der Waals surface area contributed by atoms with Gasteiger partial charge in [0.2, 0.25) is 0 Å². The number of likely N-dealkylation sites (tertiary alicyclic amines) is 1. The summed E-state index contributed by atoms with van der Waals surface area (Å²) in [7, 11) is 1.69. The highest BCUT2D eigenvalue weighted by atomic mass is 16.5. The average molecular weight is 349 g/mol. The highest BCUT2D eigenvalue weighted by Gasteiger charge is 2.26. The Morgan fingerprint density at radius 3 is 2.73 bits per heavy atom. The topological polar surface area (TPSA) is 42.7 Å². The molecule has 2 heterocycles. The molecule has 1 aliphatic rings. The summed E-state index contributed by atoms with van der Waals surface area (Å²) >= 11 is 0. The number of benzene rings is 2. The van der Waals surface area contributed by atoms with Crippen molar-refractivity contribution < 1.29 is 9.15 Å². The van der Waals surface area contributed by atoms with Crippen LogP contribution in [0.25, 0.3) is 11.0 Å². The molecule has 2 aromatic carbocycles. The summed E-state index contributed by atoms with van der Waals surface area (Å²) in [6.07, 6.45) is 2.29. The third kappa shape index (κ3) is 3.25. The predicted octanol–water partition coefficient (Wildman–Crippen LogP) is 4.45. The molecule has 4 heteroatoms. The van der Waals surface area contributed by atoms with Gasteiger partial charge in [0.25, 0.3) is 0 Å². The summed E-state index contributed by atoms with van der Waals surface area (Å²) in [4.78, 5) is 14.5. The third-order valence-corrected chi connectivity index (χ3v) is 5.22. The lowest BCUT2D eigenvalue weighted by Gasteiger charge is -2.25. The maximum atomic E-state index is 12.0. The average Bonchev–Trinajstić information content (AvgIpc) is 3.09. The van der Waals surface area contributed by atoms with Gasteiger partial charge in [0, 0.05) is 24.0 Å². The summed E-state index contributed by atoms with van der Waals surface area (Å²) < 4.78 is 10.7. The molecule has 1 aromatic heterocycles. The Labute approximate surface area is 153 Å². The van der Waals surface area contributed by atoms with Crippen LogP contribution in [-0.2, 0) is 6.54 Å². The van der Waals surface area contributed by atoms with Crippen LogP contribution < -0.4 is 10.4 Å². The van der Waals surface area contributed by atoms with Crippen LogP contribution >= 0.6 is 0 Å². The van der Waals surface area contributed by atoms with Crippen LogP contribution in [0.5, 0.6) is 5.75 Å². The highest BCUT2D eigenvalue weighted by molar-refractivity contribution is 5.80. The Kier molecular flexibility index (Phi) is 4.51. The predicted molar refractivity (Wildman–Crippen MR) is 103 cm³/mol. The molecule has 0 aliphatic carbocycles. The quantitative estimate of drug-likeness (QED) is 0.653. The van der Waals surface area contributed by atoms with Gasteiger partial charge in [-0.1, -0.05) is 24.3 Å². The molecule has 1 unspecified atom stereocenters. The van der Waals surface area contributed by atoms with Crippen LogP contribution in [0.15, 0.2) is 57.7 Å². The molecule has 0 saturated carbocycles. The summed E-state index contributed by atoms with van der Waals surface area (Å²) in [5, 5.41) is 1.02.